The van der Waals surface area contributed by atoms with Gasteiger partial charge in [-0.3, -0.25) is 14.9 Å². The van der Waals surface area contributed by atoms with Gasteiger partial charge in [-0.15, -0.1) is 0 Å². The number of nitrogens with zero attached hydrogens (tertiary/aromatic N) is 1. The first-order valence-electron chi connectivity index (χ1n) is 5.62. The Morgan fingerprint density at radius 2 is 2.00 bits per heavy atom. The highest BCUT2D eigenvalue weighted by molar-refractivity contribution is 9.10. The van der Waals surface area contributed by atoms with Gasteiger partial charge >= 0.3 is 0 Å². The summed E-state index contributed by atoms with van der Waals surface area (Å²) in [7, 11) is 0. The van der Waals surface area contributed by atoms with Crippen molar-refractivity contribution in [3.8, 4) is 5.75 Å². The van der Waals surface area contributed by atoms with E-state index in [4.69, 9.17) is 0 Å². The number of rotatable bonds is 3. The van der Waals surface area contributed by atoms with Crippen molar-refractivity contribution in [3.63, 3.8) is 0 Å². The number of halogens is 2. The van der Waals surface area contributed by atoms with Crippen molar-refractivity contribution in [2.24, 2.45) is 0 Å². The molecule has 0 heterocycles. The van der Waals surface area contributed by atoms with Crippen molar-refractivity contribution in [2.75, 3.05) is 5.32 Å². The summed E-state index contributed by atoms with van der Waals surface area (Å²) in [6.07, 6.45) is 0. The summed E-state index contributed by atoms with van der Waals surface area (Å²) < 4.78 is 14.2. The van der Waals surface area contributed by atoms with Gasteiger partial charge in [0.15, 0.2) is 5.82 Å². The highest BCUT2D eigenvalue weighted by atomic mass is 79.9. The van der Waals surface area contributed by atoms with Crippen molar-refractivity contribution in [2.45, 2.75) is 0 Å². The monoisotopic (exact) mass is 354 g/mol. The number of nitro groups is 1. The molecule has 0 bridgehead atoms. The Hall–Kier alpha value is -2.48. The van der Waals surface area contributed by atoms with E-state index in [1.165, 1.54) is 12.1 Å². The molecule has 0 saturated heterocycles. The van der Waals surface area contributed by atoms with E-state index in [1.54, 1.807) is 6.07 Å². The Kier molecular flexibility index (Phi) is 4.18. The van der Waals surface area contributed by atoms with Gasteiger partial charge in [0.05, 0.1) is 22.2 Å². The molecule has 108 valence electrons. The lowest BCUT2D eigenvalue weighted by atomic mass is 10.2. The number of carbonyl (C=O) groups is 1. The van der Waals surface area contributed by atoms with Crippen molar-refractivity contribution in [1.29, 1.82) is 0 Å². The zero-order valence-electron chi connectivity index (χ0n) is 10.3. The summed E-state index contributed by atoms with van der Waals surface area (Å²) in [5.41, 5.74) is -0.692. The van der Waals surface area contributed by atoms with Crippen LogP contribution in [0.15, 0.2) is 40.9 Å². The standard InChI is InChI=1S/C13H8BrFN2O4/c14-7-1-4-12(18)9(5-7)13(19)16-11-3-2-8(17(20)21)6-10(11)15/h1-6,18H,(H,16,19). The maximum absolute atomic E-state index is 13.7. The summed E-state index contributed by atoms with van der Waals surface area (Å²) in [4.78, 5) is 21.7. The van der Waals surface area contributed by atoms with Gasteiger partial charge < -0.3 is 10.4 Å². The Bertz CT molecular complexity index is 736. The van der Waals surface area contributed by atoms with Gasteiger partial charge in [0.2, 0.25) is 0 Å². The SMILES string of the molecule is O=C(Nc1ccc([N+](=O)[O-])cc1F)c1cc(Br)ccc1O. The highest BCUT2D eigenvalue weighted by Crippen LogP contribution is 2.25. The molecule has 2 aromatic carbocycles. The third-order valence-corrected chi connectivity index (χ3v) is 3.11. The molecule has 0 unspecified atom stereocenters. The minimum atomic E-state index is -0.938. The van der Waals surface area contributed by atoms with E-state index >= 15 is 0 Å². The minimum Gasteiger partial charge on any atom is -0.507 e. The summed E-state index contributed by atoms with van der Waals surface area (Å²) in [5, 5.41) is 22.4. The summed E-state index contributed by atoms with van der Waals surface area (Å²) in [5.74, 6) is -1.94. The van der Waals surface area contributed by atoms with E-state index in [0.29, 0.717) is 10.5 Å². The number of amides is 1. The highest BCUT2D eigenvalue weighted by Gasteiger charge is 2.16. The number of carbonyl (C=O) groups excluding carboxylic acids is 1. The molecular formula is C13H8BrFN2O4. The smallest absolute Gasteiger partial charge is 0.272 e. The van der Waals surface area contributed by atoms with Crippen LogP contribution in [0.3, 0.4) is 0 Å². The lowest BCUT2D eigenvalue weighted by Crippen LogP contribution is -2.13. The van der Waals surface area contributed by atoms with Crippen molar-refractivity contribution in [1.82, 2.24) is 0 Å². The molecule has 0 spiro atoms. The number of non-ortho nitro benzene ring substituents is 1. The second kappa shape index (κ2) is 5.88. The molecule has 8 heteroatoms. The normalized spacial score (nSPS) is 10.2. The molecule has 2 aromatic rings. The molecule has 0 aliphatic heterocycles. The van der Waals surface area contributed by atoms with Crippen LogP contribution in [0.1, 0.15) is 10.4 Å². The second-order valence-electron chi connectivity index (χ2n) is 4.04. The van der Waals surface area contributed by atoms with Crippen LogP contribution in [0, 0.1) is 15.9 Å². The van der Waals surface area contributed by atoms with Gasteiger partial charge in [0, 0.05) is 10.5 Å². The lowest BCUT2D eigenvalue weighted by Gasteiger charge is -2.08. The fourth-order valence-electron chi connectivity index (χ4n) is 1.60. The molecule has 0 saturated carbocycles. The first kappa shape index (κ1) is 14.9. The zero-order chi connectivity index (χ0) is 15.6. The third-order valence-electron chi connectivity index (χ3n) is 2.61. The Balaban J connectivity index is 2.27. The summed E-state index contributed by atoms with van der Waals surface area (Å²) in [6.45, 7) is 0. The number of nitrogens with one attached hydrogen (secondary N) is 1. The maximum Gasteiger partial charge on any atom is 0.272 e. The molecule has 0 radical (unpaired) electrons. The van der Waals surface area contributed by atoms with Crippen LogP contribution < -0.4 is 5.32 Å². The Labute approximate surface area is 126 Å². The fourth-order valence-corrected chi connectivity index (χ4v) is 1.96. The van der Waals surface area contributed by atoms with Crippen LogP contribution in [-0.2, 0) is 0 Å². The van der Waals surface area contributed by atoms with Crippen LogP contribution in [0.4, 0.5) is 15.8 Å². The second-order valence-corrected chi connectivity index (χ2v) is 4.95. The number of phenolic OH excluding ortho intramolecular Hbond substituents is 1. The average Bonchev–Trinajstić information content (AvgIpc) is 2.43. The predicted molar refractivity (Wildman–Crippen MR) is 76.8 cm³/mol. The predicted octanol–water partition coefficient (Wildman–Crippen LogP) is 3.45. The zero-order valence-corrected chi connectivity index (χ0v) is 11.9. The largest absolute Gasteiger partial charge is 0.507 e. The van der Waals surface area contributed by atoms with Crippen molar-refractivity contribution >= 4 is 33.2 Å². The topological polar surface area (TPSA) is 92.5 Å². The van der Waals surface area contributed by atoms with Gasteiger partial charge in [-0.05, 0) is 24.3 Å². The van der Waals surface area contributed by atoms with Gasteiger partial charge in [0.25, 0.3) is 11.6 Å². The van der Waals surface area contributed by atoms with Crippen LogP contribution in [-0.4, -0.2) is 15.9 Å². The molecule has 2 N–H and O–H groups in total. The number of benzene rings is 2. The molecule has 21 heavy (non-hydrogen) atoms. The molecule has 0 aliphatic rings. The number of aromatic hydroxyl groups is 1. The van der Waals surface area contributed by atoms with E-state index in [9.17, 15) is 24.4 Å². The summed E-state index contributed by atoms with van der Waals surface area (Å²) >= 11 is 3.15. The molecule has 0 atom stereocenters. The number of anilines is 1. The van der Waals surface area contributed by atoms with Crippen LogP contribution in [0.5, 0.6) is 5.75 Å². The van der Waals surface area contributed by atoms with Crippen molar-refractivity contribution in [3.05, 3.63) is 62.4 Å². The molecule has 0 fully saturated rings. The maximum atomic E-state index is 13.7. The number of hydrogen-bond acceptors (Lipinski definition) is 4. The molecule has 6 nitrogen and oxygen atoms in total. The first-order valence-corrected chi connectivity index (χ1v) is 6.41. The van der Waals surface area contributed by atoms with E-state index in [-0.39, 0.29) is 17.0 Å². The average molecular weight is 355 g/mol. The molecule has 1 amide bonds. The molecule has 2 rings (SSSR count). The van der Waals surface area contributed by atoms with Crippen LogP contribution >= 0.6 is 15.9 Å². The number of hydrogen-bond donors (Lipinski definition) is 2. The van der Waals surface area contributed by atoms with Crippen LogP contribution in [0.25, 0.3) is 0 Å². The van der Waals surface area contributed by atoms with Gasteiger partial charge in [-0.25, -0.2) is 4.39 Å². The quantitative estimate of drug-likeness (QED) is 0.652. The Morgan fingerprint density at radius 1 is 1.29 bits per heavy atom. The molecule has 0 aromatic heterocycles. The summed E-state index contributed by atoms with van der Waals surface area (Å²) in [6, 6.07) is 7.08. The Morgan fingerprint density at radius 3 is 2.62 bits per heavy atom. The molecule has 0 aliphatic carbocycles. The van der Waals surface area contributed by atoms with Crippen LogP contribution in [0.2, 0.25) is 0 Å². The van der Waals surface area contributed by atoms with E-state index in [0.717, 1.165) is 12.1 Å². The third kappa shape index (κ3) is 3.34. The van der Waals surface area contributed by atoms with Gasteiger partial charge in [-0.1, -0.05) is 15.9 Å². The van der Waals surface area contributed by atoms with E-state index in [2.05, 4.69) is 21.2 Å². The van der Waals surface area contributed by atoms with E-state index < -0.39 is 22.3 Å². The van der Waals surface area contributed by atoms with E-state index in [1.807, 2.05) is 0 Å². The molecular weight excluding hydrogens is 347 g/mol. The van der Waals surface area contributed by atoms with Gasteiger partial charge in [0.1, 0.15) is 5.75 Å². The minimum absolute atomic E-state index is 0.0536. The number of nitro benzene ring substituents is 1. The fraction of sp³-hybridized carbons (Fsp3) is 0. The van der Waals surface area contributed by atoms with Gasteiger partial charge in [-0.2, -0.15) is 0 Å². The van der Waals surface area contributed by atoms with Crippen molar-refractivity contribution < 1.29 is 19.2 Å². The first-order chi connectivity index (χ1) is 9.88. The lowest BCUT2D eigenvalue weighted by molar-refractivity contribution is -0.385. The number of phenols is 1.